The van der Waals surface area contributed by atoms with Crippen LogP contribution in [0.2, 0.25) is 0 Å². The molecule has 6 nitrogen and oxygen atoms in total. The molecule has 0 aromatic heterocycles. The Balaban J connectivity index is 0.00000364. The van der Waals surface area contributed by atoms with Gasteiger partial charge in [0.2, 0.25) is 0 Å². The summed E-state index contributed by atoms with van der Waals surface area (Å²) >= 11 is 0. The Morgan fingerprint density at radius 3 is 2.33 bits per heavy atom. The summed E-state index contributed by atoms with van der Waals surface area (Å²) in [5.41, 5.74) is 2.56. The second-order valence-corrected chi connectivity index (χ2v) is 7.66. The number of anilines is 1. The highest BCUT2D eigenvalue weighted by atomic mass is 127. The molecule has 0 spiro atoms. The van der Waals surface area contributed by atoms with Crippen LogP contribution in [0, 0.1) is 5.41 Å². The molecule has 7 heteroatoms. The Labute approximate surface area is 181 Å². The van der Waals surface area contributed by atoms with Crippen LogP contribution < -0.4 is 15.5 Å². The van der Waals surface area contributed by atoms with Gasteiger partial charge in [-0.05, 0) is 23.1 Å². The maximum Gasteiger partial charge on any atom is 0.191 e. The van der Waals surface area contributed by atoms with Crippen LogP contribution in [0.1, 0.15) is 26.3 Å². The number of ether oxygens (including phenoxy) is 2. The number of benzene rings is 1. The predicted molar refractivity (Wildman–Crippen MR) is 123 cm³/mol. The van der Waals surface area contributed by atoms with Crippen LogP contribution >= 0.6 is 24.0 Å². The second kappa shape index (κ2) is 11.7. The largest absolute Gasteiger partial charge is 0.379 e. The van der Waals surface area contributed by atoms with Crippen LogP contribution in [0.4, 0.5) is 5.69 Å². The van der Waals surface area contributed by atoms with E-state index < -0.39 is 0 Å². The smallest absolute Gasteiger partial charge is 0.191 e. The quantitative estimate of drug-likeness (QED) is 0.365. The number of nitrogens with one attached hydrogen (secondary N) is 2. The van der Waals surface area contributed by atoms with Crippen molar-refractivity contribution in [3.63, 3.8) is 0 Å². The molecule has 0 aliphatic carbocycles. The minimum absolute atomic E-state index is 0. The number of methoxy groups -OCH3 is 1. The van der Waals surface area contributed by atoms with Crippen molar-refractivity contribution in [1.82, 2.24) is 10.6 Å². The summed E-state index contributed by atoms with van der Waals surface area (Å²) in [5, 5.41) is 6.72. The molecule has 1 saturated heterocycles. The summed E-state index contributed by atoms with van der Waals surface area (Å²) in [6.07, 6.45) is 0.119. The molecule has 1 atom stereocenters. The van der Waals surface area contributed by atoms with Gasteiger partial charge in [0, 0.05) is 46.0 Å². The van der Waals surface area contributed by atoms with Crippen molar-refractivity contribution in [3.05, 3.63) is 29.8 Å². The molecule has 0 bridgehead atoms. The molecule has 0 radical (unpaired) electrons. The number of guanidine groups is 1. The van der Waals surface area contributed by atoms with Gasteiger partial charge in [-0.15, -0.1) is 24.0 Å². The van der Waals surface area contributed by atoms with Gasteiger partial charge in [0.05, 0.1) is 19.3 Å². The van der Waals surface area contributed by atoms with E-state index in [0.29, 0.717) is 0 Å². The molecule has 2 rings (SSSR count). The topological polar surface area (TPSA) is 58.1 Å². The number of nitrogens with zero attached hydrogens (tertiary/aromatic N) is 2. The molecule has 2 N–H and O–H groups in total. The molecule has 1 aromatic rings. The van der Waals surface area contributed by atoms with E-state index in [1.54, 1.807) is 14.2 Å². The van der Waals surface area contributed by atoms with Gasteiger partial charge in [-0.1, -0.05) is 32.9 Å². The van der Waals surface area contributed by atoms with Crippen molar-refractivity contribution in [2.75, 3.05) is 51.9 Å². The lowest BCUT2D eigenvalue weighted by molar-refractivity contribution is 0.0205. The second-order valence-electron chi connectivity index (χ2n) is 7.66. The third-order valence-corrected chi connectivity index (χ3v) is 4.70. The summed E-state index contributed by atoms with van der Waals surface area (Å²) in [6.45, 7) is 11.5. The Kier molecular flexibility index (Phi) is 10.4. The average molecular weight is 490 g/mol. The summed E-state index contributed by atoms with van der Waals surface area (Å²) in [6, 6.07) is 8.69. The van der Waals surface area contributed by atoms with Crippen molar-refractivity contribution >= 4 is 35.6 Å². The summed E-state index contributed by atoms with van der Waals surface area (Å²) in [7, 11) is 3.54. The first kappa shape index (κ1) is 24.0. The normalized spacial score (nSPS) is 16.5. The molecule has 0 amide bonds. The minimum Gasteiger partial charge on any atom is -0.379 e. The number of hydrogen-bond donors (Lipinski definition) is 2. The summed E-state index contributed by atoms with van der Waals surface area (Å²) in [5.74, 6) is 0.786. The molecule has 154 valence electrons. The van der Waals surface area contributed by atoms with Crippen LogP contribution in [0.3, 0.4) is 0 Å². The van der Waals surface area contributed by atoms with Crippen LogP contribution in [0.25, 0.3) is 0 Å². The fourth-order valence-corrected chi connectivity index (χ4v) is 2.99. The standard InChI is InChI=1S/C20H34N4O2.HI/c1-20(2,3)18(25-5)15-23-19(21-4)22-14-16-6-8-17(9-7-16)24-10-12-26-13-11-24;/h6-9,18H,10-15H2,1-5H3,(H2,21,22,23);1H. The highest BCUT2D eigenvalue weighted by Gasteiger charge is 2.24. The molecule has 1 heterocycles. The molecule has 1 aromatic carbocycles. The maximum atomic E-state index is 5.58. The molecule has 1 fully saturated rings. The third-order valence-electron chi connectivity index (χ3n) is 4.70. The summed E-state index contributed by atoms with van der Waals surface area (Å²) < 4.78 is 11.0. The number of aliphatic imine (C=N–C) groups is 1. The fourth-order valence-electron chi connectivity index (χ4n) is 2.99. The maximum absolute atomic E-state index is 5.58. The highest BCUT2D eigenvalue weighted by Crippen LogP contribution is 2.21. The molecule has 0 saturated carbocycles. The third kappa shape index (κ3) is 7.83. The van der Waals surface area contributed by atoms with Crippen LogP contribution in [-0.4, -0.2) is 59.1 Å². The van der Waals surface area contributed by atoms with E-state index in [4.69, 9.17) is 9.47 Å². The Morgan fingerprint density at radius 2 is 1.81 bits per heavy atom. The van der Waals surface area contributed by atoms with E-state index in [9.17, 15) is 0 Å². The SMILES string of the molecule is CN=C(NCc1ccc(N2CCOCC2)cc1)NCC(OC)C(C)(C)C.I. The molecular weight excluding hydrogens is 455 g/mol. The minimum atomic E-state index is 0. The zero-order valence-corrected chi connectivity index (χ0v) is 19.6. The first-order valence-electron chi connectivity index (χ1n) is 9.33. The monoisotopic (exact) mass is 490 g/mol. The van der Waals surface area contributed by atoms with E-state index in [0.717, 1.165) is 45.4 Å². The van der Waals surface area contributed by atoms with Gasteiger partial charge in [-0.2, -0.15) is 0 Å². The van der Waals surface area contributed by atoms with Crippen LogP contribution in [0.5, 0.6) is 0 Å². The van der Waals surface area contributed by atoms with E-state index in [2.05, 4.69) is 65.6 Å². The van der Waals surface area contributed by atoms with Crippen molar-refractivity contribution in [1.29, 1.82) is 0 Å². The van der Waals surface area contributed by atoms with Gasteiger partial charge < -0.3 is 25.0 Å². The van der Waals surface area contributed by atoms with Crippen LogP contribution in [-0.2, 0) is 16.0 Å². The lowest BCUT2D eigenvalue weighted by Gasteiger charge is -2.30. The molecule has 1 unspecified atom stereocenters. The zero-order valence-electron chi connectivity index (χ0n) is 17.2. The van der Waals surface area contributed by atoms with Crippen molar-refractivity contribution < 1.29 is 9.47 Å². The lowest BCUT2D eigenvalue weighted by Crippen LogP contribution is -2.45. The first-order chi connectivity index (χ1) is 12.4. The van der Waals surface area contributed by atoms with Gasteiger partial charge in [0.1, 0.15) is 0 Å². The number of rotatable bonds is 6. The van der Waals surface area contributed by atoms with Gasteiger partial charge in [0.25, 0.3) is 0 Å². The molecule has 1 aliphatic heterocycles. The van der Waals surface area contributed by atoms with E-state index in [1.807, 2.05) is 0 Å². The van der Waals surface area contributed by atoms with Crippen LogP contribution in [0.15, 0.2) is 29.3 Å². The van der Waals surface area contributed by atoms with Crippen molar-refractivity contribution in [2.24, 2.45) is 10.4 Å². The Bertz CT molecular complexity index is 566. The fraction of sp³-hybridized carbons (Fsp3) is 0.650. The van der Waals surface area contributed by atoms with Gasteiger partial charge in [-0.25, -0.2) is 0 Å². The van der Waals surface area contributed by atoms with E-state index in [-0.39, 0.29) is 35.5 Å². The molecule has 1 aliphatic rings. The van der Waals surface area contributed by atoms with Gasteiger partial charge in [-0.3, -0.25) is 4.99 Å². The number of halogens is 1. The van der Waals surface area contributed by atoms with Gasteiger partial charge in [0.15, 0.2) is 5.96 Å². The zero-order chi connectivity index (χ0) is 19.0. The first-order valence-corrected chi connectivity index (χ1v) is 9.33. The Hall–Kier alpha value is -1.06. The Morgan fingerprint density at radius 1 is 1.19 bits per heavy atom. The lowest BCUT2D eigenvalue weighted by atomic mass is 9.89. The molecule has 27 heavy (non-hydrogen) atoms. The number of hydrogen-bond acceptors (Lipinski definition) is 4. The van der Waals surface area contributed by atoms with Crippen molar-refractivity contribution in [2.45, 2.75) is 33.4 Å². The highest BCUT2D eigenvalue weighted by molar-refractivity contribution is 14.0. The molecular formula is C20H35IN4O2. The predicted octanol–water partition coefficient (Wildman–Crippen LogP) is 2.87. The van der Waals surface area contributed by atoms with Gasteiger partial charge >= 0.3 is 0 Å². The average Bonchev–Trinajstić information content (AvgIpc) is 2.65. The van der Waals surface area contributed by atoms with Crippen molar-refractivity contribution in [3.8, 4) is 0 Å². The van der Waals surface area contributed by atoms with E-state index >= 15 is 0 Å². The number of morpholine rings is 1. The van der Waals surface area contributed by atoms with E-state index in [1.165, 1.54) is 11.3 Å². The summed E-state index contributed by atoms with van der Waals surface area (Å²) in [4.78, 5) is 6.66.